The van der Waals surface area contributed by atoms with Gasteiger partial charge < -0.3 is 10.4 Å². The zero-order valence-electron chi connectivity index (χ0n) is 13.0. The van der Waals surface area contributed by atoms with Crippen molar-refractivity contribution >= 4 is 28.9 Å². The molecule has 2 atom stereocenters. The van der Waals surface area contributed by atoms with Crippen LogP contribution in [0.2, 0.25) is 0 Å². The Kier molecular flexibility index (Phi) is 4.75. The Labute approximate surface area is 146 Å². The van der Waals surface area contributed by atoms with Crippen molar-refractivity contribution in [2.24, 2.45) is 5.92 Å². The van der Waals surface area contributed by atoms with Gasteiger partial charge in [0.1, 0.15) is 10.7 Å². The molecule has 0 saturated heterocycles. The molecule has 1 aliphatic carbocycles. The predicted molar refractivity (Wildman–Crippen MR) is 90.4 cm³/mol. The van der Waals surface area contributed by atoms with Crippen LogP contribution in [0, 0.1) is 16.0 Å². The number of aromatic nitrogens is 1. The number of hydrogen-bond donors (Lipinski definition) is 2. The standard InChI is InChI=1S/C16H15N3O5S/c20-14(17-11-4-1-10(7-11)16(21)22)13-8-25-15(18-13)9-2-5-12(6-3-9)19(23)24/h2-3,5-6,8,10-11H,1,4,7H2,(H,17,20)(H,21,22)/t10-,11+/m0/s1. The summed E-state index contributed by atoms with van der Waals surface area (Å²) in [5, 5.41) is 24.7. The molecule has 1 aromatic heterocycles. The maximum atomic E-state index is 12.3. The van der Waals surface area contributed by atoms with E-state index in [1.54, 1.807) is 17.5 Å². The smallest absolute Gasteiger partial charge is 0.306 e. The molecule has 9 heteroatoms. The van der Waals surface area contributed by atoms with E-state index in [0.29, 0.717) is 29.8 Å². The lowest BCUT2D eigenvalue weighted by molar-refractivity contribution is -0.384. The third kappa shape index (κ3) is 3.82. The van der Waals surface area contributed by atoms with Crippen LogP contribution in [0.4, 0.5) is 5.69 Å². The first kappa shape index (κ1) is 17.0. The van der Waals surface area contributed by atoms with Gasteiger partial charge in [-0.25, -0.2) is 4.98 Å². The van der Waals surface area contributed by atoms with E-state index in [0.717, 1.165) is 0 Å². The van der Waals surface area contributed by atoms with Crippen molar-refractivity contribution < 1.29 is 19.6 Å². The average molecular weight is 361 g/mol. The number of carbonyl (C=O) groups excluding carboxylic acids is 1. The molecule has 1 heterocycles. The van der Waals surface area contributed by atoms with Crippen molar-refractivity contribution in [1.82, 2.24) is 10.3 Å². The molecule has 0 unspecified atom stereocenters. The summed E-state index contributed by atoms with van der Waals surface area (Å²) in [5.74, 6) is -1.57. The Morgan fingerprint density at radius 1 is 1.28 bits per heavy atom. The first-order chi connectivity index (χ1) is 11.9. The van der Waals surface area contributed by atoms with Crippen LogP contribution in [0.15, 0.2) is 29.6 Å². The van der Waals surface area contributed by atoms with Crippen molar-refractivity contribution in [3.63, 3.8) is 0 Å². The van der Waals surface area contributed by atoms with Crippen LogP contribution >= 0.6 is 11.3 Å². The number of amides is 1. The van der Waals surface area contributed by atoms with Crippen LogP contribution in [0.5, 0.6) is 0 Å². The number of aliphatic carboxylic acids is 1. The molecular weight excluding hydrogens is 346 g/mol. The second kappa shape index (κ2) is 6.98. The van der Waals surface area contributed by atoms with Gasteiger partial charge in [-0.1, -0.05) is 0 Å². The Morgan fingerprint density at radius 2 is 2.00 bits per heavy atom. The molecule has 2 aromatic rings. The zero-order chi connectivity index (χ0) is 18.0. The molecule has 1 amide bonds. The van der Waals surface area contributed by atoms with E-state index < -0.39 is 16.8 Å². The molecule has 1 fully saturated rings. The van der Waals surface area contributed by atoms with Crippen molar-refractivity contribution in [2.75, 3.05) is 0 Å². The Bertz CT molecular complexity index is 817. The fourth-order valence-electron chi connectivity index (χ4n) is 2.83. The fourth-order valence-corrected chi connectivity index (χ4v) is 3.64. The van der Waals surface area contributed by atoms with E-state index in [1.807, 2.05) is 0 Å². The van der Waals surface area contributed by atoms with E-state index in [1.165, 1.54) is 23.5 Å². The van der Waals surface area contributed by atoms with Crippen LogP contribution in [-0.4, -0.2) is 32.9 Å². The quantitative estimate of drug-likeness (QED) is 0.623. The molecule has 0 radical (unpaired) electrons. The van der Waals surface area contributed by atoms with Gasteiger partial charge in [0, 0.05) is 29.1 Å². The third-order valence-electron chi connectivity index (χ3n) is 4.18. The number of nitro benzene ring substituents is 1. The molecule has 0 bridgehead atoms. The molecule has 0 spiro atoms. The van der Waals surface area contributed by atoms with Crippen LogP contribution in [0.25, 0.3) is 10.6 Å². The number of hydrogen-bond acceptors (Lipinski definition) is 6. The monoisotopic (exact) mass is 361 g/mol. The number of nitrogens with zero attached hydrogens (tertiary/aromatic N) is 2. The molecule has 0 aliphatic heterocycles. The zero-order valence-corrected chi connectivity index (χ0v) is 13.9. The molecular formula is C16H15N3O5S. The molecule has 25 heavy (non-hydrogen) atoms. The minimum absolute atomic E-state index is 0.00695. The van der Waals surface area contributed by atoms with Gasteiger partial charge in [-0.05, 0) is 31.4 Å². The van der Waals surface area contributed by atoms with E-state index >= 15 is 0 Å². The van der Waals surface area contributed by atoms with E-state index in [-0.39, 0.29) is 23.3 Å². The molecule has 3 rings (SSSR count). The first-order valence-electron chi connectivity index (χ1n) is 7.68. The second-order valence-electron chi connectivity index (χ2n) is 5.86. The maximum Gasteiger partial charge on any atom is 0.306 e. The minimum atomic E-state index is -0.828. The lowest BCUT2D eigenvalue weighted by Crippen LogP contribution is -2.33. The predicted octanol–water partition coefficient (Wildman–Crippen LogP) is 2.70. The van der Waals surface area contributed by atoms with Crippen LogP contribution in [0.3, 0.4) is 0 Å². The van der Waals surface area contributed by atoms with Gasteiger partial charge >= 0.3 is 5.97 Å². The summed E-state index contributed by atoms with van der Waals surface area (Å²) in [7, 11) is 0. The highest BCUT2D eigenvalue weighted by Gasteiger charge is 2.31. The number of carboxylic acid groups (broad SMARTS) is 1. The van der Waals surface area contributed by atoms with E-state index in [4.69, 9.17) is 5.11 Å². The van der Waals surface area contributed by atoms with Crippen molar-refractivity contribution in [2.45, 2.75) is 25.3 Å². The second-order valence-corrected chi connectivity index (χ2v) is 6.72. The minimum Gasteiger partial charge on any atom is -0.481 e. The fraction of sp³-hybridized carbons (Fsp3) is 0.312. The molecule has 1 aliphatic rings. The van der Waals surface area contributed by atoms with Gasteiger partial charge in [-0.15, -0.1) is 11.3 Å². The summed E-state index contributed by atoms with van der Waals surface area (Å²) in [6, 6.07) is 5.81. The Morgan fingerprint density at radius 3 is 2.60 bits per heavy atom. The number of thiazole rings is 1. The van der Waals surface area contributed by atoms with Gasteiger partial charge in [0.25, 0.3) is 11.6 Å². The number of carbonyl (C=O) groups is 2. The summed E-state index contributed by atoms with van der Waals surface area (Å²) in [4.78, 5) is 37.7. The summed E-state index contributed by atoms with van der Waals surface area (Å²) >= 11 is 1.27. The topological polar surface area (TPSA) is 122 Å². The van der Waals surface area contributed by atoms with Crippen LogP contribution in [0.1, 0.15) is 29.8 Å². The number of rotatable bonds is 5. The maximum absolute atomic E-state index is 12.3. The highest BCUT2D eigenvalue weighted by molar-refractivity contribution is 7.13. The number of non-ortho nitro benzene ring substituents is 1. The van der Waals surface area contributed by atoms with Gasteiger partial charge in [0.15, 0.2) is 0 Å². The number of carboxylic acids is 1. The average Bonchev–Trinajstić information content (AvgIpc) is 3.24. The van der Waals surface area contributed by atoms with Crippen molar-refractivity contribution in [1.29, 1.82) is 0 Å². The first-order valence-corrected chi connectivity index (χ1v) is 8.56. The molecule has 1 aromatic carbocycles. The van der Waals surface area contributed by atoms with Crippen LogP contribution < -0.4 is 5.32 Å². The van der Waals surface area contributed by atoms with Gasteiger partial charge in [-0.2, -0.15) is 0 Å². The van der Waals surface area contributed by atoms with Gasteiger partial charge in [0.05, 0.1) is 10.8 Å². The largest absolute Gasteiger partial charge is 0.481 e. The van der Waals surface area contributed by atoms with Crippen LogP contribution in [-0.2, 0) is 4.79 Å². The van der Waals surface area contributed by atoms with Crippen molar-refractivity contribution in [3.05, 3.63) is 45.5 Å². The third-order valence-corrected chi connectivity index (χ3v) is 5.07. The summed E-state index contributed by atoms with van der Waals surface area (Å²) in [6.07, 6.45) is 1.63. The lowest BCUT2D eigenvalue weighted by Gasteiger charge is -2.10. The summed E-state index contributed by atoms with van der Waals surface area (Å²) in [6.45, 7) is 0. The lowest BCUT2D eigenvalue weighted by atomic mass is 10.1. The Hall–Kier alpha value is -2.81. The molecule has 2 N–H and O–H groups in total. The molecule has 8 nitrogen and oxygen atoms in total. The highest BCUT2D eigenvalue weighted by Crippen LogP contribution is 2.28. The summed E-state index contributed by atoms with van der Waals surface area (Å²) < 4.78 is 0. The number of benzene rings is 1. The Balaban J connectivity index is 1.65. The van der Waals surface area contributed by atoms with E-state index in [2.05, 4.69) is 10.3 Å². The van der Waals surface area contributed by atoms with Gasteiger partial charge in [-0.3, -0.25) is 19.7 Å². The van der Waals surface area contributed by atoms with E-state index in [9.17, 15) is 19.7 Å². The number of nitro groups is 1. The number of nitrogens with one attached hydrogen (secondary N) is 1. The molecule has 1 saturated carbocycles. The van der Waals surface area contributed by atoms with Crippen molar-refractivity contribution in [3.8, 4) is 10.6 Å². The molecule has 130 valence electrons. The highest BCUT2D eigenvalue weighted by atomic mass is 32.1. The van der Waals surface area contributed by atoms with Gasteiger partial charge in [0.2, 0.25) is 0 Å². The normalized spacial score (nSPS) is 19.5. The SMILES string of the molecule is O=C(N[C@@H]1CC[C@H](C(=O)O)C1)c1csc(-c2ccc([N+](=O)[O-])cc2)n1. The summed E-state index contributed by atoms with van der Waals surface area (Å²) in [5.41, 5.74) is 0.950.